The lowest BCUT2D eigenvalue weighted by Crippen LogP contribution is -2.32. The molecule has 0 heterocycles. The van der Waals surface area contributed by atoms with Crippen molar-refractivity contribution >= 4 is 57.9 Å². The molecular weight excluding hydrogens is 619 g/mol. The van der Waals surface area contributed by atoms with Gasteiger partial charge in [0.05, 0.1) is 30.6 Å². The lowest BCUT2D eigenvalue weighted by Gasteiger charge is -2.14. The Morgan fingerprint density at radius 1 is 0.846 bits per heavy atom. The van der Waals surface area contributed by atoms with Gasteiger partial charge >= 0.3 is 11.8 Å². The SMILES string of the molecule is CCOc1cc(/C=N\NC(=O)C(=O)Nc2ccc(OC)cc2)cc(I)c1OCC(=O)Nc1ccc(OC)cc1. The highest BCUT2D eigenvalue weighted by Gasteiger charge is 2.15. The molecule has 11 nitrogen and oxygen atoms in total. The molecule has 3 aromatic rings. The maximum absolute atomic E-state index is 12.4. The smallest absolute Gasteiger partial charge is 0.329 e. The zero-order chi connectivity index (χ0) is 28.2. The molecule has 0 fully saturated rings. The monoisotopic (exact) mass is 646 g/mol. The molecule has 0 unspecified atom stereocenters. The molecule has 0 saturated heterocycles. The van der Waals surface area contributed by atoms with E-state index in [9.17, 15) is 14.4 Å². The van der Waals surface area contributed by atoms with E-state index in [4.69, 9.17) is 18.9 Å². The molecular formula is C27H27IN4O7. The van der Waals surface area contributed by atoms with Gasteiger partial charge in [-0.1, -0.05) is 0 Å². The second-order valence-corrected chi connectivity index (χ2v) is 8.87. The van der Waals surface area contributed by atoms with Crippen molar-refractivity contribution in [1.29, 1.82) is 0 Å². The van der Waals surface area contributed by atoms with Crippen molar-refractivity contribution in [2.24, 2.45) is 5.10 Å². The molecule has 12 heteroatoms. The number of carbonyl (C=O) groups is 3. The summed E-state index contributed by atoms with van der Waals surface area (Å²) in [6.07, 6.45) is 1.36. The molecule has 0 radical (unpaired) electrons. The van der Waals surface area contributed by atoms with Crippen LogP contribution in [0.1, 0.15) is 12.5 Å². The lowest BCUT2D eigenvalue weighted by molar-refractivity contribution is -0.136. The number of carbonyl (C=O) groups excluding carboxylic acids is 3. The predicted octanol–water partition coefficient (Wildman–Crippen LogP) is 3.81. The van der Waals surface area contributed by atoms with Crippen molar-refractivity contribution in [3.63, 3.8) is 0 Å². The number of hydrogen-bond donors (Lipinski definition) is 3. The van der Waals surface area contributed by atoms with Crippen LogP contribution in [0.25, 0.3) is 0 Å². The van der Waals surface area contributed by atoms with Crippen LogP contribution in [0.2, 0.25) is 0 Å². The Hall–Kier alpha value is -4.33. The largest absolute Gasteiger partial charge is 0.497 e. The number of rotatable bonds is 11. The van der Waals surface area contributed by atoms with Gasteiger partial charge in [0.1, 0.15) is 11.5 Å². The summed E-state index contributed by atoms with van der Waals surface area (Å²) in [7, 11) is 3.09. The van der Waals surface area contributed by atoms with Crippen LogP contribution in [0.3, 0.4) is 0 Å². The van der Waals surface area contributed by atoms with Crippen LogP contribution in [0.4, 0.5) is 11.4 Å². The normalized spacial score (nSPS) is 10.5. The number of anilines is 2. The average molecular weight is 646 g/mol. The average Bonchev–Trinajstić information content (AvgIpc) is 2.93. The fraction of sp³-hybridized carbons (Fsp3) is 0.185. The van der Waals surface area contributed by atoms with Crippen molar-refractivity contribution < 1.29 is 33.3 Å². The Bertz CT molecular complexity index is 1330. The Kier molecular flexibility index (Phi) is 10.9. The van der Waals surface area contributed by atoms with Gasteiger partial charge in [-0.15, -0.1) is 0 Å². The molecule has 3 rings (SSSR count). The Labute approximate surface area is 239 Å². The maximum atomic E-state index is 12.4. The minimum absolute atomic E-state index is 0.241. The van der Waals surface area contributed by atoms with E-state index in [2.05, 4.69) is 43.8 Å². The topological polar surface area (TPSA) is 137 Å². The zero-order valence-corrected chi connectivity index (χ0v) is 23.6. The van der Waals surface area contributed by atoms with Gasteiger partial charge in [0.25, 0.3) is 5.91 Å². The van der Waals surface area contributed by atoms with Gasteiger partial charge in [-0.05, 0) is 95.7 Å². The first kappa shape index (κ1) is 29.2. The molecule has 0 spiro atoms. The molecule has 0 atom stereocenters. The van der Waals surface area contributed by atoms with E-state index in [1.54, 1.807) is 67.8 Å². The maximum Gasteiger partial charge on any atom is 0.329 e. The first-order valence-corrected chi connectivity index (χ1v) is 12.7. The minimum Gasteiger partial charge on any atom is -0.497 e. The molecule has 39 heavy (non-hydrogen) atoms. The quantitative estimate of drug-likeness (QED) is 0.125. The molecule has 3 aromatic carbocycles. The number of amides is 3. The molecule has 0 bridgehead atoms. The minimum atomic E-state index is -0.940. The standard InChI is InChI=1S/C27H27IN4O7/c1-4-38-23-14-17(15-29-32-27(35)26(34)31-19-7-11-21(37-3)12-8-19)13-22(28)25(23)39-16-24(33)30-18-5-9-20(36-2)10-6-18/h5-15H,4,16H2,1-3H3,(H,30,33)(H,31,34)(H,32,35)/b29-15-. The van der Waals surface area contributed by atoms with Crippen LogP contribution in [-0.2, 0) is 14.4 Å². The summed E-state index contributed by atoms with van der Waals surface area (Å²) in [4.78, 5) is 36.6. The third-order valence-electron chi connectivity index (χ3n) is 4.99. The first-order chi connectivity index (χ1) is 18.8. The van der Waals surface area contributed by atoms with E-state index in [0.717, 1.165) is 0 Å². The van der Waals surface area contributed by atoms with Crippen molar-refractivity contribution in [2.45, 2.75) is 6.92 Å². The first-order valence-electron chi connectivity index (χ1n) is 11.6. The number of ether oxygens (including phenoxy) is 4. The van der Waals surface area contributed by atoms with E-state index >= 15 is 0 Å². The summed E-state index contributed by atoms with van der Waals surface area (Å²) in [5, 5.41) is 9.08. The molecule has 3 N–H and O–H groups in total. The molecule has 0 saturated carbocycles. The summed E-state index contributed by atoms with van der Waals surface area (Å²) in [6, 6.07) is 16.8. The van der Waals surface area contributed by atoms with Gasteiger partial charge in [0.2, 0.25) is 0 Å². The summed E-state index contributed by atoms with van der Waals surface area (Å²) < 4.78 is 22.3. The van der Waals surface area contributed by atoms with E-state index in [-0.39, 0.29) is 12.5 Å². The van der Waals surface area contributed by atoms with Gasteiger partial charge in [0, 0.05) is 11.4 Å². The van der Waals surface area contributed by atoms with Crippen LogP contribution in [0, 0.1) is 3.57 Å². The van der Waals surface area contributed by atoms with Crippen molar-refractivity contribution in [3.8, 4) is 23.0 Å². The highest BCUT2D eigenvalue weighted by atomic mass is 127. The zero-order valence-electron chi connectivity index (χ0n) is 21.4. The van der Waals surface area contributed by atoms with Crippen LogP contribution < -0.4 is 35.0 Å². The summed E-state index contributed by atoms with van der Waals surface area (Å²) >= 11 is 2.05. The highest BCUT2D eigenvalue weighted by Crippen LogP contribution is 2.34. The van der Waals surface area contributed by atoms with Crippen molar-refractivity contribution in [2.75, 3.05) is 38.1 Å². The molecule has 0 aromatic heterocycles. The Morgan fingerprint density at radius 3 is 2.00 bits per heavy atom. The lowest BCUT2D eigenvalue weighted by atomic mass is 10.2. The Morgan fingerprint density at radius 2 is 1.44 bits per heavy atom. The van der Waals surface area contributed by atoms with E-state index in [1.807, 2.05) is 6.92 Å². The third-order valence-corrected chi connectivity index (χ3v) is 5.79. The van der Waals surface area contributed by atoms with Crippen LogP contribution in [-0.4, -0.2) is 51.4 Å². The molecule has 0 aliphatic carbocycles. The molecule has 0 aliphatic rings. The number of hydrogen-bond acceptors (Lipinski definition) is 8. The molecule has 3 amide bonds. The molecule has 0 aliphatic heterocycles. The fourth-order valence-corrected chi connectivity index (χ4v) is 3.93. The number of benzene rings is 3. The summed E-state index contributed by atoms with van der Waals surface area (Å²) in [6.45, 7) is 1.93. The van der Waals surface area contributed by atoms with E-state index in [1.165, 1.54) is 13.3 Å². The molecule has 204 valence electrons. The highest BCUT2D eigenvalue weighted by molar-refractivity contribution is 14.1. The van der Waals surface area contributed by atoms with E-state index in [0.29, 0.717) is 50.1 Å². The number of nitrogens with one attached hydrogen (secondary N) is 3. The van der Waals surface area contributed by atoms with Crippen molar-refractivity contribution in [3.05, 3.63) is 69.8 Å². The second kappa shape index (κ2) is 14.6. The van der Waals surface area contributed by atoms with Crippen LogP contribution in [0.15, 0.2) is 65.8 Å². The van der Waals surface area contributed by atoms with E-state index < -0.39 is 11.8 Å². The van der Waals surface area contributed by atoms with Gasteiger partial charge < -0.3 is 29.6 Å². The van der Waals surface area contributed by atoms with Crippen LogP contribution >= 0.6 is 22.6 Å². The number of hydrazone groups is 1. The van der Waals surface area contributed by atoms with Gasteiger partial charge in [-0.3, -0.25) is 14.4 Å². The predicted molar refractivity (Wildman–Crippen MR) is 155 cm³/mol. The van der Waals surface area contributed by atoms with Gasteiger partial charge in [-0.25, -0.2) is 5.43 Å². The van der Waals surface area contributed by atoms with Gasteiger partial charge in [-0.2, -0.15) is 5.10 Å². The number of methoxy groups -OCH3 is 2. The second-order valence-electron chi connectivity index (χ2n) is 7.71. The van der Waals surface area contributed by atoms with Gasteiger partial charge in [0.15, 0.2) is 18.1 Å². The van der Waals surface area contributed by atoms with Crippen LogP contribution in [0.5, 0.6) is 23.0 Å². The Balaban J connectivity index is 1.59. The summed E-state index contributed by atoms with van der Waals surface area (Å²) in [5.74, 6) is -0.0755. The third kappa shape index (κ3) is 8.88. The number of halogens is 1. The number of nitrogens with zero attached hydrogens (tertiary/aromatic N) is 1. The summed E-state index contributed by atoms with van der Waals surface area (Å²) in [5.41, 5.74) is 3.81. The fourth-order valence-electron chi connectivity index (χ4n) is 3.15. The van der Waals surface area contributed by atoms with Crippen molar-refractivity contribution in [1.82, 2.24) is 5.43 Å².